The monoisotopic (exact) mass is 298 g/mol. The molecule has 3 unspecified atom stereocenters. The predicted octanol–water partition coefficient (Wildman–Crippen LogP) is 5.12. The molecule has 1 aromatic rings. The molecule has 3 atom stereocenters. The number of hydrogen-bond donors (Lipinski definition) is 0. The van der Waals surface area contributed by atoms with E-state index in [2.05, 4.69) is 39.8 Å². The van der Waals surface area contributed by atoms with Crippen LogP contribution in [-0.2, 0) is 11.2 Å². The van der Waals surface area contributed by atoms with Crippen LogP contribution in [0.2, 0.25) is 0 Å². The van der Waals surface area contributed by atoms with Gasteiger partial charge >= 0.3 is 0 Å². The maximum Gasteiger partial charge on any atom is 0.161 e. The van der Waals surface area contributed by atoms with Gasteiger partial charge in [-0.2, -0.15) is 0 Å². The van der Waals surface area contributed by atoms with Crippen molar-refractivity contribution in [3.8, 4) is 0 Å². The van der Waals surface area contributed by atoms with Crippen molar-refractivity contribution in [1.82, 2.24) is 0 Å². The van der Waals surface area contributed by atoms with Gasteiger partial charge < -0.3 is 4.42 Å². The van der Waals surface area contributed by atoms with Gasteiger partial charge in [-0.25, -0.2) is 0 Å². The van der Waals surface area contributed by atoms with Crippen molar-refractivity contribution in [2.24, 2.45) is 17.3 Å². The largest absolute Gasteiger partial charge is 0.464 e. The first kappa shape index (κ1) is 15.3. The standard InChI is InChI=1S/C20H26O2/c1-13-6-5-9-20(4)17(14(2)7-8-19(20)21)11-16-15(3)12-22-18(16)10-13/h7-8,10,12,14,17H,5-6,9,11H2,1-4H3. The van der Waals surface area contributed by atoms with Gasteiger partial charge in [-0.3, -0.25) is 4.79 Å². The zero-order valence-corrected chi connectivity index (χ0v) is 14.1. The molecule has 0 saturated carbocycles. The first-order valence-electron chi connectivity index (χ1n) is 8.38. The summed E-state index contributed by atoms with van der Waals surface area (Å²) in [5.41, 5.74) is 3.58. The zero-order valence-electron chi connectivity index (χ0n) is 14.1. The van der Waals surface area contributed by atoms with Crippen LogP contribution in [0.4, 0.5) is 0 Å². The van der Waals surface area contributed by atoms with E-state index in [9.17, 15) is 4.79 Å². The number of allylic oxidation sites excluding steroid dienone is 3. The number of fused-ring (bicyclic) bond motifs is 2. The Bertz CT molecular complexity index is 647. The fraction of sp³-hybridized carbons (Fsp3) is 0.550. The summed E-state index contributed by atoms with van der Waals surface area (Å²) in [6, 6.07) is 0. The summed E-state index contributed by atoms with van der Waals surface area (Å²) in [5.74, 6) is 2.08. The summed E-state index contributed by atoms with van der Waals surface area (Å²) < 4.78 is 5.78. The Morgan fingerprint density at radius 1 is 1.32 bits per heavy atom. The third-order valence-electron chi connectivity index (χ3n) is 5.77. The molecule has 0 amide bonds. The van der Waals surface area contributed by atoms with Gasteiger partial charge in [0.05, 0.1) is 6.26 Å². The third-order valence-corrected chi connectivity index (χ3v) is 5.77. The minimum absolute atomic E-state index is 0.243. The topological polar surface area (TPSA) is 30.2 Å². The van der Waals surface area contributed by atoms with E-state index < -0.39 is 0 Å². The number of aryl methyl sites for hydroxylation is 1. The van der Waals surface area contributed by atoms with Gasteiger partial charge in [0, 0.05) is 11.0 Å². The van der Waals surface area contributed by atoms with Crippen LogP contribution < -0.4 is 0 Å². The molecule has 2 heteroatoms. The second-order valence-electron chi connectivity index (χ2n) is 7.42. The van der Waals surface area contributed by atoms with Crippen molar-refractivity contribution >= 4 is 11.9 Å². The van der Waals surface area contributed by atoms with Crippen LogP contribution in [0.25, 0.3) is 6.08 Å². The van der Waals surface area contributed by atoms with Crippen LogP contribution in [-0.4, -0.2) is 5.78 Å². The maximum absolute atomic E-state index is 12.7. The SMILES string of the molecule is CC1=Cc2occ(C)c2CC2C(C)C=CC(=O)C2(C)CCC1. The minimum Gasteiger partial charge on any atom is -0.464 e. The van der Waals surface area contributed by atoms with Gasteiger partial charge in [-0.15, -0.1) is 0 Å². The van der Waals surface area contributed by atoms with Crippen molar-refractivity contribution in [3.05, 3.63) is 40.9 Å². The van der Waals surface area contributed by atoms with Crippen molar-refractivity contribution in [3.63, 3.8) is 0 Å². The van der Waals surface area contributed by atoms with Crippen molar-refractivity contribution in [1.29, 1.82) is 0 Å². The number of carbonyl (C=O) groups excluding carboxylic acids is 1. The summed E-state index contributed by atoms with van der Waals surface area (Å²) in [5, 5.41) is 0. The smallest absolute Gasteiger partial charge is 0.161 e. The van der Waals surface area contributed by atoms with E-state index in [1.807, 2.05) is 12.3 Å². The van der Waals surface area contributed by atoms with Gasteiger partial charge in [0.25, 0.3) is 0 Å². The Balaban J connectivity index is 2.09. The van der Waals surface area contributed by atoms with Crippen molar-refractivity contribution in [2.75, 3.05) is 0 Å². The molecule has 0 spiro atoms. The Kier molecular flexibility index (Phi) is 3.88. The van der Waals surface area contributed by atoms with Crippen LogP contribution in [0.3, 0.4) is 0 Å². The number of hydrogen-bond acceptors (Lipinski definition) is 2. The Morgan fingerprint density at radius 3 is 2.86 bits per heavy atom. The first-order chi connectivity index (χ1) is 10.4. The molecule has 0 bridgehead atoms. The van der Waals surface area contributed by atoms with E-state index in [0.29, 0.717) is 17.6 Å². The molecule has 22 heavy (non-hydrogen) atoms. The highest BCUT2D eigenvalue weighted by molar-refractivity contribution is 5.95. The van der Waals surface area contributed by atoms with Crippen LogP contribution in [0.5, 0.6) is 0 Å². The lowest BCUT2D eigenvalue weighted by atomic mass is 9.61. The first-order valence-corrected chi connectivity index (χ1v) is 8.38. The molecule has 2 aliphatic rings. The van der Waals surface area contributed by atoms with Crippen LogP contribution >= 0.6 is 0 Å². The summed E-state index contributed by atoms with van der Waals surface area (Å²) in [4.78, 5) is 12.7. The molecular formula is C20H26O2. The highest BCUT2D eigenvalue weighted by Crippen LogP contribution is 2.46. The van der Waals surface area contributed by atoms with Crippen molar-refractivity contribution in [2.45, 2.75) is 53.4 Å². The average molecular weight is 298 g/mol. The second-order valence-corrected chi connectivity index (χ2v) is 7.42. The summed E-state index contributed by atoms with van der Waals surface area (Å²) >= 11 is 0. The van der Waals surface area contributed by atoms with E-state index >= 15 is 0 Å². The average Bonchev–Trinajstić information content (AvgIpc) is 2.80. The molecule has 0 fully saturated rings. The highest BCUT2D eigenvalue weighted by atomic mass is 16.3. The van der Waals surface area contributed by atoms with E-state index in [1.54, 1.807) is 0 Å². The van der Waals surface area contributed by atoms with E-state index in [-0.39, 0.29) is 5.41 Å². The van der Waals surface area contributed by atoms with Crippen LogP contribution in [0, 0.1) is 24.2 Å². The molecule has 2 aliphatic carbocycles. The number of rotatable bonds is 0. The van der Waals surface area contributed by atoms with Gasteiger partial charge in [0.15, 0.2) is 5.78 Å². The summed E-state index contributed by atoms with van der Waals surface area (Å²) in [6.07, 6.45) is 12.0. The quantitative estimate of drug-likeness (QED) is 0.666. The molecule has 0 N–H and O–H groups in total. The maximum atomic E-state index is 12.7. The molecule has 1 aromatic heterocycles. The molecule has 118 valence electrons. The molecule has 1 heterocycles. The summed E-state index contributed by atoms with van der Waals surface area (Å²) in [6.45, 7) is 8.69. The van der Waals surface area contributed by atoms with E-state index in [0.717, 1.165) is 31.4 Å². The fourth-order valence-electron chi connectivity index (χ4n) is 4.17. The number of carbonyl (C=O) groups is 1. The predicted molar refractivity (Wildman–Crippen MR) is 89.6 cm³/mol. The lowest BCUT2D eigenvalue weighted by Gasteiger charge is -2.42. The van der Waals surface area contributed by atoms with Gasteiger partial charge in [0.2, 0.25) is 0 Å². The van der Waals surface area contributed by atoms with Gasteiger partial charge in [-0.05, 0) is 69.1 Å². The number of furan rings is 1. The van der Waals surface area contributed by atoms with Crippen LogP contribution in [0.1, 0.15) is 56.9 Å². The normalized spacial score (nSPS) is 32.2. The zero-order chi connectivity index (χ0) is 15.9. The molecular weight excluding hydrogens is 272 g/mol. The van der Waals surface area contributed by atoms with E-state index in [4.69, 9.17) is 4.42 Å². The Labute approximate surface area is 133 Å². The molecule has 0 aromatic carbocycles. The Hall–Kier alpha value is -1.57. The minimum atomic E-state index is -0.243. The molecule has 0 saturated heterocycles. The number of ketones is 1. The highest BCUT2D eigenvalue weighted by Gasteiger charge is 2.44. The Morgan fingerprint density at radius 2 is 2.09 bits per heavy atom. The van der Waals surface area contributed by atoms with Gasteiger partial charge in [-0.1, -0.05) is 25.5 Å². The lowest BCUT2D eigenvalue weighted by molar-refractivity contribution is -0.128. The van der Waals surface area contributed by atoms with Crippen molar-refractivity contribution < 1.29 is 9.21 Å². The second kappa shape index (κ2) is 5.57. The van der Waals surface area contributed by atoms with E-state index in [1.165, 1.54) is 16.7 Å². The molecule has 2 nitrogen and oxygen atoms in total. The molecule has 0 radical (unpaired) electrons. The third kappa shape index (κ3) is 2.49. The van der Waals surface area contributed by atoms with Crippen LogP contribution in [0.15, 0.2) is 28.4 Å². The summed E-state index contributed by atoms with van der Waals surface area (Å²) in [7, 11) is 0. The fourth-order valence-corrected chi connectivity index (χ4v) is 4.17. The molecule has 3 rings (SSSR count). The molecule has 0 aliphatic heterocycles. The lowest BCUT2D eigenvalue weighted by Crippen LogP contribution is -2.42. The van der Waals surface area contributed by atoms with Gasteiger partial charge in [0.1, 0.15) is 5.76 Å².